The lowest BCUT2D eigenvalue weighted by molar-refractivity contribution is 0.0714. The second kappa shape index (κ2) is 4.17. The maximum atomic E-state index is 5.91. The molecule has 0 saturated carbocycles. The van der Waals surface area contributed by atoms with Gasteiger partial charge in [-0.25, -0.2) is 0 Å². The van der Waals surface area contributed by atoms with Crippen LogP contribution in [0.3, 0.4) is 0 Å². The molecule has 4 atom stereocenters. The van der Waals surface area contributed by atoms with Crippen molar-refractivity contribution in [3.05, 3.63) is 0 Å². The first-order chi connectivity index (χ1) is 6.38. The van der Waals surface area contributed by atoms with E-state index in [0.29, 0.717) is 12.2 Å². The van der Waals surface area contributed by atoms with Crippen molar-refractivity contribution in [2.75, 3.05) is 25.5 Å². The zero-order valence-corrected chi connectivity index (χ0v) is 9.77. The van der Waals surface area contributed by atoms with E-state index in [1.165, 1.54) is 25.9 Å². The number of likely N-dealkylation sites (tertiary alicyclic amines) is 1. The average molecular weight is 238 g/mol. The summed E-state index contributed by atoms with van der Waals surface area (Å²) in [5.41, 5.74) is 0. The molecule has 2 nitrogen and oxygen atoms in total. The number of nitrogens with zero attached hydrogens (tertiary/aromatic N) is 1. The molecule has 0 aromatic heterocycles. The van der Waals surface area contributed by atoms with Gasteiger partial charge in [-0.15, -0.1) is 24.0 Å². The molecule has 2 bridgehead atoms. The molecule has 3 saturated heterocycles. The number of fused-ring (bicyclic) bond motifs is 5. The molecule has 14 heavy (non-hydrogen) atoms. The summed E-state index contributed by atoms with van der Waals surface area (Å²) in [5.74, 6) is 2.44. The highest BCUT2D eigenvalue weighted by molar-refractivity contribution is 6.18. The molecule has 3 heterocycles. The third-order valence-electron chi connectivity index (χ3n) is 3.93. The van der Waals surface area contributed by atoms with Crippen LogP contribution in [0.1, 0.15) is 12.8 Å². The molecule has 0 unspecified atom stereocenters. The van der Waals surface area contributed by atoms with Gasteiger partial charge in [0.1, 0.15) is 0 Å². The quantitative estimate of drug-likeness (QED) is 0.679. The van der Waals surface area contributed by atoms with E-state index in [0.717, 1.165) is 24.3 Å². The molecular weight excluding hydrogens is 221 g/mol. The number of hydrogen-bond acceptors (Lipinski definition) is 2. The van der Waals surface area contributed by atoms with Crippen LogP contribution in [0, 0.1) is 11.8 Å². The number of ether oxygens (including phenoxy) is 1. The molecule has 4 heteroatoms. The van der Waals surface area contributed by atoms with Gasteiger partial charge in [0.15, 0.2) is 0 Å². The molecule has 0 radical (unpaired) electrons. The third kappa shape index (κ3) is 1.57. The van der Waals surface area contributed by atoms with Crippen molar-refractivity contribution in [3.63, 3.8) is 0 Å². The molecule has 3 rings (SSSR count). The van der Waals surface area contributed by atoms with Crippen LogP contribution in [-0.4, -0.2) is 42.6 Å². The topological polar surface area (TPSA) is 12.5 Å². The molecule has 0 aromatic carbocycles. The van der Waals surface area contributed by atoms with Gasteiger partial charge < -0.3 is 9.64 Å². The Hall–Kier alpha value is 0.500. The van der Waals surface area contributed by atoms with Crippen LogP contribution in [0.2, 0.25) is 0 Å². The summed E-state index contributed by atoms with van der Waals surface area (Å²) in [5, 5.41) is 0. The maximum Gasteiger partial charge on any atom is 0.0624 e. The molecule has 82 valence electrons. The average Bonchev–Trinajstić information content (AvgIpc) is 2.72. The summed E-state index contributed by atoms with van der Waals surface area (Å²) in [4.78, 5) is 2.51. The Bertz CT molecular complexity index is 196. The van der Waals surface area contributed by atoms with E-state index in [4.69, 9.17) is 16.3 Å². The number of hydrogen-bond donors (Lipinski definition) is 0. The predicted octanol–water partition coefficient (Wildman–Crippen LogP) is 1.76. The molecule has 3 fully saturated rings. The van der Waals surface area contributed by atoms with Crippen molar-refractivity contribution in [3.8, 4) is 0 Å². The van der Waals surface area contributed by atoms with Gasteiger partial charge in [0.25, 0.3) is 0 Å². The van der Waals surface area contributed by atoms with Gasteiger partial charge in [0, 0.05) is 37.4 Å². The lowest BCUT2D eigenvalue weighted by Crippen LogP contribution is -2.26. The van der Waals surface area contributed by atoms with Crippen LogP contribution >= 0.6 is 24.0 Å². The molecular formula is C10H17Cl2NO. The highest BCUT2D eigenvalue weighted by Crippen LogP contribution is 2.46. The molecule has 0 aliphatic carbocycles. The fourth-order valence-corrected chi connectivity index (χ4v) is 3.59. The highest BCUT2D eigenvalue weighted by atomic mass is 35.5. The minimum absolute atomic E-state index is 0. The summed E-state index contributed by atoms with van der Waals surface area (Å²) in [6, 6.07) is 0. The molecule has 0 aromatic rings. The predicted molar refractivity (Wildman–Crippen MR) is 59.3 cm³/mol. The Balaban J connectivity index is 0.000000750. The van der Waals surface area contributed by atoms with E-state index in [1.807, 2.05) is 0 Å². The fourth-order valence-electron chi connectivity index (χ4n) is 3.35. The van der Waals surface area contributed by atoms with Gasteiger partial charge in [0.2, 0.25) is 0 Å². The maximum absolute atomic E-state index is 5.91. The van der Waals surface area contributed by atoms with Crippen molar-refractivity contribution >= 4 is 24.0 Å². The first kappa shape index (κ1) is 11.0. The molecule has 3 aliphatic heterocycles. The minimum Gasteiger partial charge on any atom is -0.374 e. The van der Waals surface area contributed by atoms with Crippen molar-refractivity contribution < 1.29 is 4.74 Å². The SMILES string of the molecule is Cl.ClCCN1C[C@@H]2[C@H](C1)[C@@H]1CC[C@H]2O1. The summed E-state index contributed by atoms with van der Waals surface area (Å²) in [6.07, 6.45) is 3.80. The van der Waals surface area contributed by atoms with Crippen LogP contribution in [-0.2, 0) is 4.74 Å². The fraction of sp³-hybridized carbons (Fsp3) is 1.00. The van der Waals surface area contributed by atoms with Crippen LogP contribution < -0.4 is 0 Å². The van der Waals surface area contributed by atoms with E-state index >= 15 is 0 Å². The Morgan fingerprint density at radius 3 is 2.21 bits per heavy atom. The number of halogens is 2. The highest BCUT2D eigenvalue weighted by Gasteiger charge is 2.52. The summed E-state index contributed by atoms with van der Waals surface area (Å²) < 4.78 is 5.91. The molecule has 0 spiro atoms. The van der Waals surface area contributed by atoms with Crippen LogP contribution in [0.25, 0.3) is 0 Å². The third-order valence-corrected chi connectivity index (χ3v) is 4.10. The van der Waals surface area contributed by atoms with E-state index < -0.39 is 0 Å². The van der Waals surface area contributed by atoms with E-state index in [1.54, 1.807) is 0 Å². The first-order valence-electron chi connectivity index (χ1n) is 5.32. The monoisotopic (exact) mass is 237 g/mol. The Morgan fingerprint density at radius 1 is 1.14 bits per heavy atom. The van der Waals surface area contributed by atoms with Crippen LogP contribution in [0.15, 0.2) is 0 Å². The van der Waals surface area contributed by atoms with E-state index in [2.05, 4.69) is 4.90 Å². The van der Waals surface area contributed by atoms with E-state index in [9.17, 15) is 0 Å². The van der Waals surface area contributed by atoms with Gasteiger partial charge in [0.05, 0.1) is 12.2 Å². The minimum atomic E-state index is 0. The van der Waals surface area contributed by atoms with Gasteiger partial charge in [-0.3, -0.25) is 0 Å². The van der Waals surface area contributed by atoms with E-state index in [-0.39, 0.29) is 12.4 Å². The van der Waals surface area contributed by atoms with Gasteiger partial charge in [-0.2, -0.15) is 0 Å². The zero-order valence-electron chi connectivity index (χ0n) is 8.19. The lowest BCUT2D eigenvalue weighted by atomic mass is 9.82. The van der Waals surface area contributed by atoms with Gasteiger partial charge >= 0.3 is 0 Å². The normalized spacial score (nSPS) is 45.2. The summed E-state index contributed by atoms with van der Waals surface area (Å²) >= 11 is 5.75. The summed E-state index contributed by atoms with van der Waals surface area (Å²) in [6.45, 7) is 3.53. The van der Waals surface area contributed by atoms with Crippen LogP contribution in [0.5, 0.6) is 0 Å². The van der Waals surface area contributed by atoms with Crippen molar-refractivity contribution in [2.45, 2.75) is 25.0 Å². The van der Waals surface area contributed by atoms with Crippen molar-refractivity contribution in [2.24, 2.45) is 11.8 Å². The van der Waals surface area contributed by atoms with Gasteiger partial charge in [-0.1, -0.05) is 0 Å². The Morgan fingerprint density at radius 2 is 1.71 bits per heavy atom. The number of rotatable bonds is 2. The van der Waals surface area contributed by atoms with Crippen LogP contribution in [0.4, 0.5) is 0 Å². The largest absolute Gasteiger partial charge is 0.374 e. The second-order valence-corrected chi connectivity index (χ2v) is 4.94. The molecule has 0 N–H and O–H groups in total. The molecule has 0 amide bonds. The van der Waals surface area contributed by atoms with Crippen molar-refractivity contribution in [1.82, 2.24) is 4.90 Å². The lowest BCUT2D eigenvalue weighted by Gasteiger charge is -2.18. The molecule has 3 aliphatic rings. The standard InChI is InChI=1S/C10H16ClNO.ClH/c11-3-4-12-5-7-8(6-12)10-2-1-9(7)13-10;/h7-10H,1-6H2;1H/t7-,8+,9-,10+;. The Kier molecular flexibility index (Phi) is 3.27. The number of alkyl halides is 1. The van der Waals surface area contributed by atoms with Gasteiger partial charge in [-0.05, 0) is 12.8 Å². The smallest absolute Gasteiger partial charge is 0.0624 e. The Labute approximate surface area is 96.3 Å². The second-order valence-electron chi connectivity index (χ2n) is 4.57. The summed E-state index contributed by atoms with van der Waals surface area (Å²) in [7, 11) is 0. The zero-order chi connectivity index (χ0) is 8.84. The first-order valence-corrected chi connectivity index (χ1v) is 5.85. The van der Waals surface area contributed by atoms with Crippen molar-refractivity contribution in [1.29, 1.82) is 0 Å².